The molecule has 0 spiro atoms. The number of anilines is 1. The highest BCUT2D eigenvalue weighted by atomic mass is 35.5. The zero-order chi connectivity index (χ0) is 16.4. The van der Waals surface area contributed by atoms with E-state index in [2.05, 4.69) is 15.3 Å². The summed E-state index contributed by atoms with van der Waals surface area (Å²) in [5, 5.41) is 4.43. The number of benzene rings is 1. The van der Waals surface area contributed by atoms with Gasteiger partial charge in [-0.1, -0.05) is 17.7 Å². The molecule has 0 aliphatic carbocycles. The monoisotopic (exact) mass is 351 g/mol. The van der Waals surface area contributed by atoms with Crippen LogP contribution in [0.5, 0.6) is 0 Å². The minimum absolute atomic E-state index is 0.119. The van der Waals surface area contributed by atoms with Crippen LogP contribution in [0.2, 0.25) is 5.15 Å². The summed E-state index contributed by atoms with van der Waals surface area (Å²) in [6.45, 7) is 0. The Hall–Kier alpha value is -2.38. The molecule has 4 nitrogen and oxygen atoms in total. The van der Waals surface area contributed by atoms with Crippen molar-refractivity contribution in [2.24, 2.45) is 0 Å². The Morgan fingerprint density at radius 3 is 2.65 bits per heavy atom. The van der Waals surface area contributed by atoms with Crippen LogP contribution in [0.3, 0.4) is 0 Å². The Bertz CT molecular complexity index is 864. The fraction of sp³-hybridized carbons (Fsp3) is 0. The predicted molar refractivity (Wildman–Crippen MR) is 84.7 cm³/mol. The molecule has 2 heterocycles. The van der Waals surface area contributed by atoms with Gasteiger partial charge in [0.05, 0.1) is 11.3 Å². The summed E-state index contributed by atoms with van der Waals surface area (Å²) in [6, 6.07) is 6.47. The third-order valence-corrected chi connectivity index (χ3v) is 3.90. The van der Waals surface area contributed by atoms with Crippen LogP contribution in [-0.4, -0.2) is 15.9 Å². The summed E-state index contributed by atoms with van der Waals surface area (Å²) in [5.41, 5.74) is 0.198. The van der Waals surface area contributed by atoms with Crippen LogP contribution >= 0.6 is 22.9 Å². The fourth-order valence-electron chi connectivity index (χ4n) is 1.90. The van der Waals surface area contributed by atoms with Gasteiger partial charge in [-0.3, -0.25) is 10.1 Å². The smallest absolute Gasteiger partial charge is 0.257 e. The highest BCUT2D eigenvalue weighted by Gasteiger charge is 2.15. The molecule has 23 heavy (non-hydrogen) atoms. The molecule has 2 aromatic heterocycles. The van der Waals surface area contributed by atoms with Gasteiger partial charge in [-0.2, -0.15) is 0 Å². The van der Waals surface area contributed by atoms with E-state index in [4.69, 9.17) is 11.6 Å². The molecule has 0 fully saturated rings. The van der Waals surface area contributed by atoms with Gasteiger partial charge in [0.1, 0.15) is 16.8 Å². The zero-order valence-corrected chi connectivity index (χ0v) is 13.0. The topological polar surface area (TPSA) is 54.9 Å². The Morgan fingerprint density at radius 1 is 1.22 bits per heavy atom. The molecule has 8 heteroatoms. The second-order valence-electron chi connectivity index (χ2n) is 4.46. The normalized spacial score (nSPS) is 10.6. The van der Waals surface area contributed by atoms with E-state index in [1.165, 1.54) is 29.8 Å². The zero-order valence-electron chi connectivity index (χ0n) is 11.4. The molecular weight excluding hydrogens is 344 g/mol. The van der Waals surface area contributed by atoms with Crippen molar-refractivity contribution in [1.29, 1.82) is 0 Å². The predicted octanol–water partition coefficient (Wildman–Crippen LogP) is 4.39. The Balaban J connectivity index is 1.84. The molecule has 3 rings (SSSR count). The fourth-order valence-corrected chi connectivity index (χ4v) is 2.77. The summed E-state index contributed by atoms with van der Waals surface area (Å²) in [7, 11) is 0. The number of rotatable bonds is 3. The lowest BCUT2D eigenvalue weighted by Gasteiger charge is -2.02. The Labute approximate surface area is 138 Å². The number of carbonyl (C=O) groups is 1. The maximum Gasteiger partial charge on any atom is 0.257 e. The number of nitrogens with one attached hydrogen (secondary N) is 1. The van der Waals surface area contributed by atoms with Gasteiger partial charge >= 0.3 is 0 Å². The molecule has 0 radical (unpaired) electrons. The second-order valence-corrected chi connectivity index (χ2v) is 5.70. The number of nitrogens with zero attached hydrogens (tertiary/aromatic N) is 2. The minimum Gasteiger partial charge on any atom is -0.298 e. The van der Waals surface area contributed by atoms with Gasteiger partial charge < -0.3 is 0 Å². The molecule has 1 amide bonds. The van der Waals surface area contributed by atoms with Crippen LogP contribution in [0.15, 0.2) is 41.9 Å². The van der Waals surface area contributed by atoms with E-state index in [0.717, 1.165) is 23.5 Å². The van der Waals surface area contributed by atoms with E-state index in [-0.39, 0.29) is 21.5 Å². The Morgan fingerprint density at radius 2 is 1.96 bits per heavy atom. The van der Waals surface area contributed by atoms with Crippen LogP contribution in [0.1, 0.15) is 10.4 Å². The number of aromatic nitrogens is 2. The van der Waals surface area contributed by atoms with Gasteiger partial charge in [0, 0.05) is 17.1 Å². The molecular formula is C15H8ClF2N3OS. The van der Waals surface area contributed by atoms with Crippen LogP contribution in [0.25, 0.3) is 11.3 Å². The third-order valence-electron chi connectivity index (χ3n) is 2.93. The average molecular weight is 352 g/mol. The highest BCUT2D eigenvalue weighted by Crippen LogP contribution is 2.29. The van der Waals surface area contributed by atoms with Crippen LogP contribution in [0, 0.1) is 11.6 Å². The van der Waals surface area contributed by atoms with Gasteiger partial charge in [-0.05, 0) is 24.3 Å². The molecule has 3 aromatic rings. The third kappa shape index (κ3) is 3.35. The molecule has 0 atom stereocenters. The number of halogens is 3. The molecule has 0 aliphatic rings. The molecule has 0 unspecified atom stereocenters. The molecule has 0 aliphatic heterocycles. The maximum atomic E-state index is 13.7. The Kier molecular flexibility index (Phi) is 4.31. The van der Waals surface area contributed by atoms with E-state index in [1.807, 2.05) is 0 Å². The quantitative estimate of drug-likeness (QED) is 0.712. The van der Waals surface area contributed by atoms with Crippen molar-refractivity contribution in [2.75, 3.05) is 5.32 Å². The van der Waals surface area contributed by atoms with E-state index < -0.39 is 17.5 Å². The van der Waals surface area contributed by atoms with Crippen LogP contribution in [-0.2, 0) is 0 Å². The van der Waals surface area contributed by atoms with E-state index in [0.29, 0.717) is 5.56 Å². The summed E-state index contributed by atoms with van der Waals surface area (Å²) >= 11 is 6.79. The molecule has 0 saturated carbocycles. The number of carbonyl (C=O) groups excluding carboxylic acids is 1. The maximum absolute atomic E-state index is 13.7. The lowest BCUT2D eigenvalue weighted by molar-refractivity contribution is 0.102. The van der Waals surface area contributed by atoms with E-state index in [9.17, 15) is 13.6 Å². The van der Waals surface area contributed by atoms with E-state index >= 15 is 0 Å². The molecule has 0 saturated heterocycles. The summed E-state index contributed by atoms with van der Waals surface area (Å²) in [6.07, 6.45) is 1.40. The molecule has 0 bridgehead atoms. The van der Waals surface area contributed by atoms with Crippen molar-refractivity contribution < 1.29 is 13.6 Å². The van der Waals surface area contributed by atoms with Crippen molar-refractivity contribution in [3.05, 3.63) is 64.3 Å². The largest absolute Gasteiger partial charge is 0.298 e. The number of hydrogen-bond donors (Lipinski definition) is 1. The van der Waals surface area contributed by atoms with Gasteiger partial charge in [-0.15, -0.1) is 11.3 Å². The standard InChI is InChI=1S/C15H8ClF2N3OS/c16-12-6-8(4-5-19-12)14(22)21-15-20-11(7-23-15)13-9(17)2-1-3-10(13)18/h1-7H,(H,20,21,22). The molecule has 116 valence electrons. The first-order valence-corrected chi connectivity index (χ1v) is 7.63. The lowest BCUT2D eigenvalue weighted by atomic mass is 10.1. The second kappa shape index (κ2) is 6.39. The number of thiazole rings is 1. The van der Waals surface area contributed by atoms with Crippen molar-refractivity contribution in [2.45, 2.75) is 0 Å². The number of hydrogen-bond acceptors (Lipinski definition) is 4. The highest BCUT2D eigenvalue weighted by molar-refractivity contribution is 7.14. The summed E-state index contributed by atoms with van der Waals surface area (Å²) in [4.78, 5) is 19.9. The van der Waals surface area contributed by atoms with Crippen molar-refractivity contribution in [3.8, 4) is 11.3 Å². The lowest BCUT2D eigenvalue weighted by Crippen LogP contribution is -2.11. The minimum atomic E-state index is -0.714. The van der Waals surface area contributed by atoms with Gasteiger partial charge in [0.25, 0.3) is 5.91 Å². The van der Waals surface area contributed by atoms with Crippen molar-refractivity contribution >= 4 is 34.0 Å². The van der Waals surface area contributed by atoms with Crippen LogP contribution < -0.4 is 5.32 Å². The average Bonchev–Trinajstić information content (AvgIpc) is 2.95. The van der Waals surface area contributed by atoms with Gasteiger partial charge in [-0.25, -0.2) is 18.7 Å². The summed E-state index contributed by atoms with van der Waals surface area (Å²) in [5.74, 6) is -1.87. The van der Waals surface area contributed by atoms with Gasteiger partial charge in [0.15, 0.2) is 5.13 Å². The van der Waals surface area contributed by atoms with E-state index in [1.54, 1.807) is 0 Å². The number of pyridine rings is 1. The first-order valence-electron chi connectivity index (χ1n) is 6.37. The van der Waals surface area contributed by atoms with Crippen LogP contribution in [0.4, 0.5) is 13.9 Å². The van der Waals surface area contributed by atoms with Crippen molar-refractivity contribution in [3.63, 3.8) is 0 Å². The molecule has 1 aromatic carbocycles. The van der Waals surface area contributed by atoms with Crippen molar-refractivity contribution in [1.82, 2.24) is 9.97 Å². The van der Waals surface area contributed by atoms with Gasteiger partial charge in [0.2, 0.25) is 0 Å². The SMILES string of the molecule is O=C(Nc1nc(-c2c(F)cccc2F)cs1)c1ccnc(Cl)c1. The number of amides is 1. The molecule has 1 N–H and O–H groups in total. The first-order chi connectivity index (χ1) is 11.0. The first kappa shape index (κ1) is 15.5. The summed E-state index contributed by atoms with van der Waals surface area (Å²) < 4.78 is 27.5.